The van der Waals surface area contributed by atoms with E-state index in [1.165, 1.54) is 43.4 Å². The van der Waals surface area contributed by atoms with Crippen LogP contribution >= 0.6 is 0 Å². The average molecular weight is 259 g/mol. The molecule has 1 aliphatic carbocycles. The van der Waals surface area contributed by atoms with Crippen LogP contribution in [0, 0.1) is 24.7 Å². The SMILES string of the molecule is CCNCC1CCC(C)CC1Cc1ccc(C)cc1. The van der Waals surface area contributed by atoms with Crippen molar-refractivity contribution >= 4 is 0 Å². The molecule has 1 fully saturated rings. The predicted octanol–water partition coefficient (Wildman–Crippen LogP) is 4.20. The van der Waals surface area contributed by atoms with Gasteiger partial charge >= 0.3 is 0 Å². The Morgan fingerprint density at radius 1 is 1.11 bits per heavy atom. The molecule has 0 heterocycles. The highest BCUT2D eigenvalue weighted by Gasteiger charge is 2.28. The van der Waals surface area contributed by atoms with Gasteiger partial charge in [-0.2, -0.15) is 0 Å². The minimum absolute atomic E-state index is 0.866. The highest BCUT2D eigenvalue weighted by molar-refractivity contribution is 5.21. The second-order valence-corrected chi connectivity index (χ2v) is 6.44. The topological polar surface area (TPSA) is 12.0 Å². The average Bonchev–Trinajstić information content (AvgIpc) is 2.40. The van der Waals surface area contributed by atoms with Crippen LogP contribution in [0.25, 0.3) is 0 Å². The van der Waals surface area contributed by atoms with Crippen molar-refractivity contribution in [3.8, 4) is 0 Å². The van der Waals surface area contributed by atoms with E-state index < -0.39 is 0 Å². The fourth-order valence-electron chi connectivity index (χ4n) is 3.44. The van der Waals surface area contributed by atoms with Gasteiger partial charge in [-0.1, -0.05) is 50.1 Å². The molecule has 1 nitrogen and oxygen atoms in total. The zero-order valence-electron chi connectivity index (χ0n) is 12.8. The molecule has 3 unspecified atom stereocenters. The van der Waals surface area contributed by atoms with Gasteiger partial charge in [0.05, 0.1) is 0 Å². The van der Waals surface area contributed by atoms with Crippen LogP contribution in [0.2, 0.25) is 0 Å². The summed E-state index contributed by atoms with van der Waals surface area (Å²) >= 11 is 0. The number of aryl methyl sites for hydroxylation is 1. The first kappa shape index (κ1) is 14.6. The molecule has 19 heavy (non-hydrogen) atoms. The summed E-state index contributed by atoms with van der Waals surface area (Å²) in [6, 6.07) is 9.14. The second-order valence-electron chi connectivity index (χ2n) is 6.44. The molecule has 106 valence electrons. The first-order valence-corrected chi connectivity index (χ1v) is 7.95. The molecule has 1 aromatic rings. The van der Waals surface area contributed by atoms with Crippen molar-refractivity contribution in [2.24, 2.45) is 17.8 Å². The summed E-state index contributed by atoms with van der Waals surface area (Å²) in [5, 5.41) is 3.56. The molecule has 0 aliphatic heterocycles. The van der Waals surface area contributed by atoms with E-state index in [0.29, 0.717) is 0 Å². The molecule has 3 atom stereocenters. The summed E-state index contributed by atoms with van der Waals surface area (Å²) in [5.41, 5.74) is 2.89. The monoisotopic (exact) mass is 259 g/mol. The lowest BCUT2D eigenvalue weighted by molar-refractivity contribution is 0.184. The maximum Gasteiger partial charge on any atom is -0.00179 e. The minimum Gasteiger partial charge on any atom is -0.317 e. The van der Waals surface area contributed by atoms with Gasteiger partial charge in [0, 0.05) is 0 Å². The van der Waals surface area contributed by atoms with E-state index in [-0.39, 0.29) is 0 Å². The molecule has 1 heteroatoms. The smallest absolute Gasteiger partial charge is 0.00179 e. The van der Waals surface area contributed by atoms with Crippen molar-refractivity contribution in [3.05, 3.63) is 35.4 Å². The first-order valence-electron chi connectivity index (χ1n) is 7.95. The lowest BCUT2D eigenvalue weighted by Gasteiger charge is -2.35. The summed E-state index contributed by atoms with van der Waals surface area (Å²) in [4.78, 5) is 0. The van der Waals surface area contributed by atoms with E-state index >= 15 is 0 Å². The molecule has 1 aromatic carbocycles. The Morgan fingerprint density at radius 3 is 2.53 bits per heavy atom. The van der Waals surface area contributed by atoms with Crippen molar-refractivity contribution in [2.75, 3.05) is 13.1 Å². The van der Waals surface area contributed by atoms with Crippen molar-refractivity contribution < 1.29 is 0 Å². The van der Waals surface area contributed by atoms with E-state index in [1.54, 1.807) is 0 Å². The molecular weight excluding hydrogens is 230 g/mol. The van der Waals surface area contributed by atoms with E-state index in [0.717, 1.165) is 24.3 Å². The van der Waals surface area contributed by atoms with Gasteiger partial charge in [-0.25, -0.2) is 0 Å². The summed E-state index contributed by atoms with van der Waals surface area (Å²) in [7, 11) is 0. The van der Waals surface area contributed by atoms with Crippen molar-refractivity contribution in [1.29, 1.82) is 0 Å². The van der Waals surface area contributed by atoms with Crippen LogP contribution in [-0.4, -0.2) is 13.1 Å². The standard InChI is InChI=1S/C18H29N/c1-4-19-13-17-10-7-15(3)11-18(17)12-16-8-5-14(2)6-9-16/h5-6,8-9,15,17-19H,4,7,10-13H2,1-3H3. The molecule has 0 radical (unpaired) electrons. The normalized spacial score (nSPS) is 27.4. The van der Waals surface area contributed by atoms with Gasteiger partial charge in [-0.05, 0) is 62.6 Å². The van der Waals surface area contributed by atoms with Gasteiger partial charge < -0.3 is 5.32 Å². The maximum atomic E-state index is 3.56. The summed E-state index contributed by atoms with van der Waals surface area (Å²) < 4.78 is 0. The first-order chi connectivity index (χ1) is 9.19. The Morgan fingerprint density at radius 2 is 1.84 bits per heavy atom. The third-order valence-corrected chi connectivity index (χ3v) is 4.68. The van der Waals surface area contributed by atoms with Gasteiger partial charge in [0.25, 0.3) is 0 Å². The largest absolute Gasteiger partial charge is 0.317 e. The highest BCUT2D eigenvalue weighted by Crippen LogP contribution is 2.35. The number of hydrogen-bond donors (Lipinski definition) is 1. The molecule has 0 bridgehead atoms. The Hall–Kier alpha value is -0.820. The lowest BCUT2D eigenvalue weighted by Crippen LogP contribution is -2.33. The molecule has 1 saturated carbocycles. The van der Waals surface area contributed by atoms with E-state index in [9.17, 15) is 0 Å². The third kappa shape index (κ3) is 4.35. The summed E-state index contributed by atoms with van der Waals surface area (Å²) in [6.45, 7) is 9.11. The van der Waals surface area contributed by atoms with Gasteiger partial charge in [-0.15, -0.1) is 0 Å². The number of rotatable bonds is 5. The van der Waals surface area contributed by atoms with Gasteiger partial charge in [0.2, 0.25) is 0 Å². The Balaban J connectivity index is 1.98. The van der Waals surface area contributed by atoms with Gasteiger partial charge in [-0.3, -0.25) is 0 Å². The van der Waals surface area contributed by atoms with Crippen LogP contribution in [0.3, 0.4) is 0 Å². The fraction of sp³-hybridized carbons (Fsp3) is 0.667. The number of hydrogen-bond acceptors (Lipinski definition) is 1. The molecule has 1 aliphatic rings. The van der Waals surface area contributed by atoms with Crippen LogP contribution in [0.5, 0.6) is 0 Å². The summed E-state index contributed by atoms with van der Waals surface area (Å²) in [5.74, 6) is 2.65. The zero-order chi connectivity index (χ0) is 13.7. The molecule has 0 saturated heterocycles. The molecule has 0 amide bonds. The molecule has 1 N–H and O–H groups in total. The number of benzene rings is 1. The maximum absolute atomic E-state index is 3.56. The Bertz CT molecular complexity index is 366. The molecule has 0 spiro atoms. The van der Waals surface area contributed by atoms with E-state index in [4.69, 9.17) is 0 Å². The van der Waals surface area contributed by atoms with Crippen molar-refractivity contribution in [1.82, 2.24) is 5.32 Å². The molecular formula is C18H29N. The van der Waals surface area contributed by atoms with Gasteiger partial charge in [0.15, 0.2) is 0 Å². The lowest BCUT2D eigenvalue weighted by atomic mass is 9.72. The zero-order valence-corrected chi connectivity index (χ0v) is 12.8. The van der Waals surface area contributed by atoms with Crippen LogP contribution in [-0.2, 0) is 6.42 Å². The van der Waals surface area contributed by atoms with E-state index in [2.05, 4.69) is 50.4 Å². The van der Waals surface area contributed by atoms with Crippen LogP contribution in [0.15, 0.2) is 24.3 Å². The van der Waals surface area contributed by atoms with Gasteiger partial charge in [0.1, 0.15) is 0 Å². The molecule has 2 rings (SSSR count). The third-order valence-electron chi connectivity index (χ3n) is 4.68. The quantitative estimate of drug-likeness (QED) is 0.835. The van der Waals surface area contributed by atoms with E-state index in [1.807, 2.05) is 0 Å². The predicted molar refractivity (Wildman–Crippen MR) is 83.4 cm³/mol. The highest BCUT2D eigenvalue weighted by atomic mass is 14.8. The Kier molecular flexibility index (Phi) is 5.45. The fourth-order valence-corrected chi connectivity index (χ4v) is 3.44. The van der Waals surface area contributed by atoms with Crippen molar-refractivity contribution in [2.45, 2.75) is 46.5 Å². The summed E-state index contributed by atoms with van der Waals surface area (Å²) in [6.07, 6.45) is 5.50. The van der Waals surface area contributed by atoms with Crippen LogP contribution in [0.4, 0.5) is 0 Å². The second kappa shape index (κ2) is 7.09. The minimum atomic E-state index is 0.866. The van der Waals surface area contributed by atoms with Crippen LogP contribution < -0.4 is 5.32 Å². The molecule has 0 aromatic heterocycles. The van der Waals surface area contributed by atoms with Crippen LogP contribution in [0.1, 0.15) is 44.2 Å². The Labute approximate surface area is 118 Å². The van der Waals surface area contributed by atoms with Crippen molar-refractivity contribution in [3.63, 3.8) is 0 Å². The number of nitrogens with one attached hydrogen (secondary N) is 1.